The summed E-state index contributed by atoms with van der Waals surface area (Å²) in [7, 11) is 1.76. The van der Waals surface area contributed by atoms with Gasteiger partial charge in [-0.2, -0.15) is 0 Å². The number of phosphoric ester groups is 1. The summed E-state index contributed by atoms with van der Waals surface area (Å²) in [5, 5.41) is 2.86. The molecular weight excluding hydrogens is 491 g/mol. The fourth-order valence-electron chi connectivity index (χ4n) is 4.02. The Balaban J connectivity index is 3.75. The van der Waals surface area contributed by atoms with Gasteiger partial charge in [0.25, 0.3) is 0 Å². The van der Waals surface area contributed by atoms with Crippen LogP contribution in [-0.4, -0.2) is 75.4 Å². The fraction of sp³-hybridized carbons (Fsp3) is 0.964. The minimum Gasteiger partial charge on any atom is -0.374 e. The predicted octanol–water partition coefficient (Wildman–Crippen LogP) is 6.61. The summed E-state index contributed by atoms with van der Waals surface area (Å²) in [6.07, 6.45) is 19.5. The maximum Gasteiger partial charge on any atom is 0.472 e. The monoisotopic (exact) mass is 551 g/mol. The molecule has 0 radical (unpaired) electrons. The first-order valence-electron chi connectivity index (χ1n) is 14.9. The second-order valence-corrected chi connectivity index (χ2v) is 12.6. The van der Waals surface area contributed by atoms with Crippen LogP contribution < -0.4 is 5.32 Å². The number of nitrogens with one attached hydrogen (secondary N) is 1. The lowest BCUT2D eigenvalue weighted by molar-refractivity contribution is -0.870. The Kier molecular flexibility index (Phi) is 23.1. The van der Waals surface area contributed by atoms with Crippen molar-refractivity contribution in [2.75, 3.05) is 54.1 Å². The highest BCUT2D eigenvalue weighted by atomic mass is 31.2. The number of hydrogen-bond acceptors (Lipinski definition) is 5. The average Bonchev–Trinajstić information content (AvgIpc) is 2.82. The molecule has 2 atom stereocenters. The Morgan fingerprint density at radius 1 is 0.811 bits per heavy atom. The number of amides is 1. The van der Waals surface area contributed by atoms with Gasteiger partial charge in [0.15, 0.2) is 0 Å². The molecule has 0 aromatic rings. The van der Waals surface area contributed by atoms with Crippen LogP contribution in [0.15, 0.2) is 0 Å². The van der Waals surface area contributed by atoms with Crippen molar-refractivity contribution >= 4 is 13.7 Å². The van der Waals surface area contributed by atoms with E-state index in [0.717, 1.165) is 12.8 Å². The quantitative estimate of drug-likeness (QED) is 0.0678. The van der Waals surface area contributed by atoms with Crippen molar-refractivity contribution in [3.05, 3.63) is 0 Å². The number of hydrogen-bond donors (Lipinski definition) is 2. The SMILES string of the molecule is CCCCCCCCCCCCCCCCCC(=O)NC[C@@H](COP(=O)(O)OCC[N+](C)(C)C)OCC. The predicted molar refractivity (Wildman–Crippen MR) is 153 cm³/mol. The summed E-state index contributed by atoms with van der Waals surface area (Å²) in [6, 6.07) is 0. The lowest BCUT2D eigenvalue weighted by atomic mass is 10.0. The summed E-state index contributed by atoms with van der Waals surface area (Å²) in [5.41, 5.74) is 0. The van der Waals surface area contributed by atoms with Gasteiger partial charge in [-0.05, 0) is 13.3 Å². The summed E-state index contributed by atoms with van der Waals surface area (Å²) in [5.74, 6) is -0.0224. The van der Waals surface area contributed by atoms with Crippen LogP contribution in [0.2, 0.25) is 0 Å². The molecule has 0 bridgehead atoms. The molecule has 0 aliphatic heterocycles. The molecule has 0 aromatic heterocycles. The molecule has 1 amide bonds. The standard InChI is InChI=1S/C28H59N2O6P/c1-6-8-9-10-11-12-13-14-15-16-17-18-19-20-21-22-28(31)29-25-27(34-7-2)26-36-37(32,33)35-24-23-30(3,4)5/h27H,6-26H2,1-5H3,(H-,29,31,32,33)/p+1/t27-/m0/s1. The summed E-state index contributed by atoms with van der Waals surface area (Å²) >= 11 is 0. The van der Waals surface area contributed by atoms with Crippen LogP contribution in [-0.2, 0) is 23.1 Å². The van der Waals surface area contributed by atoms with E-state index in [1.165, 1.54) is 83.5 Å². The van der Waals surface area contributed by atoms with Crippen molar-refractivity contribution in [1.29, 1.82) is 0 Å². The topological polar surface area (TPSA) is 94.1 Å². The van der Waals surface area contributed by atoms with Crippen LogP contribution in [0.1, 0.15) is 117 Å². The molecule has 37 heavy (non-hydrogen) atoms. The molecule has 0 spiro atoms. The van der Waals surface area contributed by atoms with Gasteiger partial charge in [-0.1, -0.05) is 96.8 Å². The van der Waals surface area contributed by atoms with Crippen LogP contribution in [0.25, 0.3) is 0 Å². The van der Waals surface area contributed by atoms with Gasteiger partial charge in [0.05, 0.1) is 33.9 Å². The van der Waals surface area contributed by atoms with E-state index >= 15 is 0 Å². The normalized spacial score (nSPS) is 14.4. The van der Waals surface area contributed by atoms with Gasteiger partial charge in [-0.25, -0.2) is 4.57 Å². The lowest BCUT2D eigenvalue weighted by Gasteiger charge is -2.24. The summed E-state index contributed by atoms with van der Waals surface area (Å²) in [6.45, 7) is 5.34. The van der Waals surface area contributed by atoms with E-state index < -0.39 is 13.9 Å². The van der Waals surface area contributed by atoms with Crippen LogP contribution >= 0.6 is 7.82 Å². The number of nitrogens with zero attached hydrogens (tertiary/aromatic N) is 1. The minimum absolute atomic E-state index is 0.0224. The Labute approximate surface area is 228 Å². The highest BCUT2D eigenvalue weighted by Gasteiger charge is 2.25. The molecule has 2 N–H and O–H groups in total. The van der Waals surface area contributed by atoms with Crippen LogP contribution in [0, 0.1) is 0 Å². The number of quaternary nitrogens is 1. The molecule has 0 rings (SSSR count). The van der Waals surface area contributed by atoms with E-state index in [1.54, 1.807) is 0 Å². The zero-order valence-corrected chi connectivity index (χ0v) is 25.7. The highest BCUT2D eigenvalue weighted by molar-refractivity contribution is 7.47. The van der Waals surface area contributed by atoms with Gasteiger partial charge in [0.2, 0.25) is 5.91 Å². The van der Waals surface area contributed by atoms with Crippen molar-refractivity contribution in [1.82, 2.24) is 5.32 Å². The molecule has 0 aromatic carbocycles. The zero-order valence-electron chi connectivity index (χ0n) is 24.8. The van der Waals surface area contributed by atoms with E-state index in [2.05, 4.69) is 12.2 Å². The lowest BCUT2D eigenvalue weighted by Crippen LogP contribution is -2.37. The number of ether oxygens (including phenoxy) is 1. The highest BCUT2D eigenvalue weighted by Crippen LogP contribution is 2.43. The Morgan fingerprint density at radius 3 is 1.76 bits per heavy atom. The molecule has 222 valence electrons. The van der Waals surface area contributed by atoms with Gasteiger partial charge in [-0.15, -0.1) is 0 Å². The zero-order chi connectivity index (χ0) is 27.8. The van der Waals surface area contributed by atoms with Crippen molar-refractivity contribution < 1.29 is 32.5 Å². The van der Waals surface area contributed by atoms with Crippen molar-refractivity contribution in [3.63, 3.8) is 0 Å². The third-order valence-electron chi connectivity index (χ3n) is 6.38. The molecule has 1 unspecified atom stereocenters. The number of unbranched alkanes of at least 4 members (excludes halogenated alkanes) is 14. The van der Waals surface area contributed by atoms with Gasteiger partial charge in [0, 0.05) is 19.6 Å². The molecule has 0 fully saturated rings. The maximum absolute atomic E-state index is 12.2. The molecular formula is C28H60N2O6P+. The summed E-state index contributed by atoms with van der Waals surface area (Å²) in [4.78, 5) is 22.1. The first-order chi connectivity index (χ1) is 17.6. The first-order valence-corrected chi connectivity index (χ1v) is 16.4. The third-order valence-corrected chi connectivity index (χ3v) is 7.36. The molecule has 0 saturated heterocycles. The molecule has 9 heteroatoms. The number of carbonyl (C=O) groups excluding carboxylic acids is 1. The molecule has 0 saturated carbocycles. The van der Waals surface area contributed by atoms with Crippen LogP contribution in [0.5, 0.6) is 0 Å². The average molecular weight is 552 g/mol. The van der Waals surface area contributed by atoms with E-state index in [-0.39, 0.29) is 25.7 Å². The van der Waals surface area contributed by atoms with Crippen molar-refractivity contribution in [2.24, 2.45) is 0 Å². The molecule has 0 heterocycles. The van der Waals surface area contributed by atoms with Gasteiger partial charge in [0.1, 0.15) is 13.2 Å². The van der Waals surface area contributed by atoms with Gasteiger partial charge in [-0.3, -0.25) is 13.8 Å². The number of phosphoric acid groups is 1. The van der Waals surface area contributed by atoms with E-state index in [1.807, 2.05) is 28.1 Å². The Hall–Kier alpha value is -0.500. The number of rotatable bonds is 27. The van der Waals surface area contributed by atoms with Gasteiger partial charge < -0.3 is 19.4 Å². The number of carbonyl (C=O) groups is 1. The van der Waals surface area contributed by atoms with Crippen molar-refractivity contribution in [2.45, 2.75) is 123 Å². The fourth-order valence-corrected chi connectivity index (χ4v) is 4.76. The molecule has 0 aliphatic carbocycles. The molecule has 8 nitrogen and oxygen atoms in total. The van der Waals surface area contributed by atoms with E-state index in [0.29, 0.717) is 24.1 Å². The Morgan fingerprint density at radius 2 is 1.30 bits per heavy atom. The van der Waals surface area contributed by atoms with Crippen molar-refractivity contribution in [3.8, 4) is 0 Å². The second-order valence-electron chi connectivity index (χ2n) is 11.2. The largest absolute Gasteiger partial charge is 0.472 e. The van der Waals surface area contributed by atoms with Crippen LogP contribution in [0.3, 0.4) is 0 Å². The maximum atomic E-state index is 12.2. The third kappa shape index (κ3) is 26.9. The Bertz CT molecular complexity index is 586. The summed E-state index contributed by atoms with van der Waals surface area (Å²) < 4.78 is 28.4. The second kappa shape index (κ2) is 23.4. The van der Waals surface area contributed by atoms with E-state index in [4.69, 9.17) is 13.8 Å². The number of likely N-dealkylation sites (N-methyl/N-ethyl adjacent to an activating group) is 1. The van der Waals surface area contributed by atoms with Gasteiger partial charge >= 0.3 is 7.82 Å². The first kappa shape index (κ1) is 36.5. The van der Waals surface area contributed by atoms with Crippen LogP contribution in [0.4, 0.5) is 0 Å². The smallest absolute Gasteiger partial charge is 0.374 e. The van der Waals surface area contributed by atoms with E-state index in [9.17, 15) is 14.3 Å². The molecule has 0 aliphatic rings. The minimum atomic E-state index is -4.15.